The zero-order valence-electron chi connectivity index (χ0n) is 13.9. The molecule has 0 spiro atoms. The van der Waals surface area contributed by atoms with Crippen molar-refractivity contribution in [1.82, 2.24) is 15.5 Å². The van der Waals surface area contributed by atoms with Crippen molar-refractivity contribution in [3.05, 3.63) is 59.4 Å². The van der Waals surface area contributed by atoms with Crippen LogP contribution in [0.2, 0.25) is 5.02 Å². The number of aromatic nitrogens is 2. The Morgan fingerprint density at radius 2 is 2.08 bits per heavy atom. The van der Waals surface area contributed by atoms with E-state index in [-0.39, 0.29) is 12.5 Å². The van der Waals surface area contributed by atoms with E-state index in [2.05, 4.69) is 15.5 Å². The average Bonchev–Trinajstić information content (AvgIpc) is 3.14. The molecule has 0 saturated heterocycles. The first-order valence-corrected chi connectivity index (χ1v) is 9.12. The lowest BCUT2D eigenvalue weighted by Crippen LogP contribution is -2.24. The summed E-state index contributed by atoms with van der Waals surface area (Å²) in [7, 11) is 1.62. The van der Waals surface area contributed by atoms with Gasteiger partial charge in [-0.15, -0.1) is 11.8 Å². The quantitative estimate of drug-likeness (QED) is 0.619. The number of carbonyl (C=O) groups excluding carboxylic acids is 1. The van der Waals surface area contributed by atoms with Crippen LogP contribution in [0.4, 0.5) is 0 Å². The maximum atomic E-state index is 12.0. The number of nitrogens with one attached hydrogen (secondary N) is 1. The van der Waals surface area contributed by atoms with Crippen molar-refractivity contribution in [2.24, 2.45) is 0 Å². The molecule has 0 aliphatic rings. The summed E-state index contributed by atoms with van der Waals surface area (Å²) in [6.45, 7) is 0.176. The van der Waals surface area contributed by atoms with E-state index < -0.39 is 0 Å². The van der Waals surface area contributed by atoms with Gasteiger partial charge < -0.3 is 14.6 Å². The Kier molecular flexibility index (Phi) is 6.14. The first-order chi connectivity index (χ1) is 12.6. The Hall–Kier alpha value is -2.51. The minimum atomic E-state index is -0.117. The Morgan fingerprint density at radius 1 is 1.27 bits per heavy atom. The average molecular weight is 390 g/mol. The summed E-state index contributed by atoms with van der Waals surface area (Å²) in [6.07, 6.45) is 0. The summed E-state index contributed by atoms with van der Waals surface area (Å²) in [6, 6.07) is 14.7. The molecule has 0 saturated carbocycles. The van der Waals surface area contributed by atoms with E-state index in [1.807, 2.05) is 36.4 Å². The van der Waals surface area contributed by atoms with Gasteiger partial charge in [0.1, 0.15) is 5.75 Å². The largest absolute Gasteiger partial charge is 0.497 e. The number of nitrogens with zero attached hydrogens (tertiary/aromatic N) is 2. The Labute approximate surface area is 159 Å². The number of hydrogen-bond acceptors (Lipinski definition) is 6. The predicted octanol–water partition coefficient (Wildman–Crippen LogP) is 3.81. The molecule has 0 fully saturated rings. The third kappa shape index (κ3) is 5.00. The van der Waals surface area contributed by atoms with Gasteiger partial charge in [0.2, 0.25) is 17.6 Å². The predicted molar refractivity (Wildman–Crippen MR) is 100 cm³/mol. The first-order valence-electron chi connectivity index (χ1n) is 7.76. The van der Waals surface area contributed by atoms with Crippen LogP contribution in [0.5, 0.6) is 5.75 Å². The summed E-state index contributed by atoms with van der Waals surface area (Å²) >= 11 is 7.39. The van der Waals surface area contributed by atoms with E-state index in [0.29, 0.717) is 22.5 Å². The third-order valence-electron chi connectivity index (χ3n) is 3.42. The number of halogens is 1. The van der Waals surface area contributed by atoms with E-state index in [9.17, 15) is 4.79 Å². The molecule has 2 aromatic carbocycles. The van der Waals surface area contributed by atoms with Crippen LogP contribution in [0, 0.1) is 0 Å². The molecule has 1 aromatic heterocycles. The maximum absolute atomic E-state index is 12.0. The van der Waals surface area contributed by atoms with E-state index in [0.717, 1.165) is 16.2 Å². The second-order valence-electron chi connectivity index (χ2n) is 5.26. The molecule has 8 heteroatoms. The van der Waals surface area contributed by atoms with E-state index >= 15 is 0 Å². The number of benzene rings is 2. The van der Waals surface area contributed by atoms with Gasteiger partial charge in [-0.3, -0.25) is 4.79 Å². The highest BCUT2D eigenvalue weighted by Gasteiger charge is 2.10. The molecule has 3 rings (SSSR count). The van der Waals surface area contributed by atoms with Gasteiger partial charge in [-0.05, 0) is 36.4 Å². The minimum Gasteiger partial charge on any atom is -0.497 e. The van der Waals surface area contributed by atoms with Gasteiger partial charge in [0, 0.05) is 15.5 Å². The number of ether oxygens (including phenoxy) is 1. The molecule has 6 nitrogen and oxygen atoms in total. The fourth-order valence-electron chi connectivity index (χ4n) is 2.12. The SMILES string of the molecule is COc1ccc(SCC(=O)NCc2nc(-c3cccc(Cl)c3)no2)cc1. The Morgan fingerprint density at radius 3 is 2.81 bits per heavy atom. The van der Waals surface area contributed by atoms with Crippen LogP contribution in [-0.2, 0) is 11.3 Å². The summed E-state index contributed by atoms with van der Waals surface area (Å²) in [4.78, 5) is 17.2. The van der Waals surface area contributed by atoms with Gasteiger partial charge in [0.25, 0.3) is 0 Å². The van der Waals surface area contributed by atoms with Crippen molar-refractivity contribution in [2.75, 3.05) is 12.9 Å². The molecule has 3 aromatic rings. The van der Waals surface area contributed by atoms with E-state index in [4.69, 9.17) is 20.9 Å². The van der Waals surface area contributed by atoms with Gasteiger partial charge in [-0.2, -0.15) is 4.98 Å². The topological polar surface area (TPSA) is 77.2 Å². The van der Waals surface area contributed by atoms with Crippen molar-refractivity contribution in [2.45, 2.75) is 11.4 Å². The molecule has 1 heterocycles. The molecule has 0 radical (unpaired) electrons. The molecule has 0 atom stereocenters. The molecule has 1 amide bonds. The van der Waals surface area contributed by atoms with E-state index in [1.54, 1.807) is 19.2 Å². The highest BCUT2D eigenvalue weighted by Crippen LogP contribution is 2.21. The lowest BCUT2D eigenvalue weighted by molar-refractivity contribution is -0.118. The van der Waals surface area contributed by atoms with Crippen molar-refractivity contribution >= 4 is 29.3 Å². The fourth-order valence-corrected chi connectivity index (χ4v) is 3.04. The second kappa shape index (κ2) is 8.73. The zero-order chi connectivity index (χ0) is 18.4. The molecular weight excluding hydrogens is 374 g/mol. The molecule has 0 unspecified atom stereocenters. The molecule has 1 N–H and O–H groups in total. The van der Waals surface area contributed by atoms with Crippen LogP contribution in [0.25, 0.3) is 11.4 Å². The van der Waals surface area contributed by atoms with Crippen molar-refractivity contribution in [3.63, 3.8) is 0 Å². The lowest BCUT2D eigenvalue weighted by atomic mass is 10.2. The summed E-state index contributed by atoms with van der Waals surface area (Å²) in [5, 5.41) is 7.26. The van der Waals surface area contributed by atoms with Crippen LogP contribution in [0.15, 0.2) is 57.9 Å². The van der Waals surface area contributed by atoms with Crippen molar-refractivity contribution in [1.29, 1.82) is 0 Å². The van der Waals surface area contributed by atoms with Gasteiger partial charge >= 0.3 is 0 Å². The highest BCUT2D eigenvalue weighted by molar-refractivity contribution is 8.00. The fraction of sp³-hybridized carbons (Fsp3) is 0.167. The second-order valence-corrected chi connectivity index (χ2v) is 6.75. The highest BCUT2D eigenvalue weighted by atomic mass is 35.5. The van der Waals surface area contributed by atoms with E-state index in [1.165, 1.54) is 11.8 Å². The maximum Gasteiger partial charge on any atom is 0.246 e. The number of carbonyl (C=O) groups is 1. The first kappa shape index (κ1) is 18.3. The number of rotatable bonds is 7. The molecular formula is C18H16ClN3O3S. The monoisotopic (exact) mass is 389 g/mol. The van der Waals surface area contributed by atoms with Crippen LogP contribution in [0.1, 0.15) is 5.89 Å². The minimum absolute atomic E-state index is 0.117. The molecule has 0 aliphatic carbocycles. The van der Waals surface area contributed by atoms with Gasteiger partial charge in [-0.25, -0.2) is 0 Å². The van der Waals surface area contributed by atoms with Crippen LogP contribution >= 0.6 is 23.4 Å². The molecule has 0 aliphatic heterocycles. The third-order valence-corrected chi connectivity index (χ3v) is 4.66. The van der Waals surface area contributed by atoms with Crippen molar-refractivity contribution < 1.29 is 14.1 Å². The van der Waals surface area contributed by atoms with Crippen LogP contribution < -0.4 is 10.1 Å². The summed E-state index contributed by atoms with van der Waals surface area (Å²) in [5.41, 5.74) is 0.758. The summed E-state index contributed by atoms with van der Waals surface area (Å²) < 4.78 is 10.3. The Bertz CT molecular complexity index is 883. The number of methoxy groups -OCH3 is 1. The normalized spacial score (nSPS) is 10.5. The van der Waals surface area contributed by atoms with Gasteiger partial charge in [0.05, 0.1) is 19.4 Å². The number of amides is 1. The molecule has 0 bridgehead atoms. The van der Waals surface area contributed by atoms with Crippen LogP contribution in [0.3, 0.4) is 0 Å². The Balaban J connectivity index is 1.48. The lowest BCUT2D eigenvalue weighted by Gasteiger charge is -2.04. The smallest absolute Gasteiger partial charge is 0.246 e. The number of thioether (sulfide) groups is 1. The molecule has 26 heavy (non-hydrogen) atoms. The molecule has 134 valence electrons. The summed E-state index contributed by atoms with van der Waals surface area (Å²) in [5.74, 6) is 1.73. The van der Waals surface area contributed by atoms with Crippen LogP contribution in [-0.4, -0.2) is 28.9 Å². The van der Waals surface area contributed by atoms with Gasteiger partial charge in [0.15, 0.2) is 0 Å². The number of hydrogen-bond donors (Lipinski definition) is 1. The van der Waals surface area contributed by atoms with Gasteiger partial charge in [-0.1, -0.05) is 28.9 Å². The van der Waals surface area contributed by atoms with Crippen molar-refractivity contribution in [3.8, 4) is 17.1 Å². The standard InChI is InChI=1S/C18H16ClN3O3S/c1-24-14-5-7-15(8-6-14)26-11-16(23)20-10-17-21-18(22-25-17)12-3-2-4-13(19)9-12/h2-9H,10-11H2,1H3,(H,20,23). The zero-order valence-corrected chi connectivity index (χ0v) is 15.5.